The molecule has 0 bridgehead atoms. The number of hydrogen-bond donors (Lipinski definition) is 2. The third-order valence-electron chi connectivity index (χ3n) is 5.71. The molecule has 0 aliphatic heterocycles. The number of benzene rings is 2. The molecule has 3 heteroatoms. The minimum atomic E-state index is 0.328. The Morgan fingerprint density at radius 3 is 1.23 bits per heavy atom. The molecule has 2 aromatic rings. The highest BCUT2D eigenvalue weighted by Gasteiger charge is 2.02. The molecule has 0 fully saturated rings. The van der Waals surface area contributed by atoms with Gasteiger partial charge in [0.2, 0.25) is 0 Å². The van der Waals surface area contributed by atoms with Gasteiger partial charge in [-0.3, -0.25) is 4.79 Å². The standard InChI is InChI=1S/C27H38O3/c28-25(13-9-5-1-3-7-11-23-15-19-26(29)20-16-23)14-10-6-2-4-8-12-24-17-21-27(30)22-18-24/h15-22,29-30H,1-14H2. The van der Waals surface area contributed by atoms with Crippen molar-refractivity contribution in [3.63, 3.8) is 0 Å². The lowest BCUT2D eigenvalue weighted by Crippen LogP contribution is -1.97. The summed E-state index contributed by atoms with van der Waals surface area (Å²) in [6.07, 6.45) is 15.2. The Hall–Kier alpha value is -2.29. The van der Waals surface area contributed by atoms with Gasteiger partial charge in [0.1, 0.15) is 17.3 Å². The second-order valence-electron chi connectivity index (χ2n) is 8.41. The maximum atomic E-state index is 12.0. The highest BCUT2D eigenvalue weighted by Crippen LogP contribution is 2.15. The molecule has 2 rings (SSSR count). The molecule has 0 atom stereocenters. The third-order valence-corrected chi connectivity index (χ3v) is 5.71. The SMILES string of the molecule is O=C(CCCCCCCc1ccc(O)cc1)CCCCCCCc1ccc(O)cc1. The van der Waals surface area contributed by atoms with Gasteiger partial charge in [-0.25, -0.2) is 0 Å². The summed E-state index contributed by atoms with van der Waals surface area (Å²) < 4.78 is 0. The van der Waals surface area contributed by atoms with E-state index in [4.69, 9.17) is 0 Å². The van der Waals surface area contributed by atoms with Gasteiger partial charge in [0.15, 0.2) is 0 Å². The number of carbonyl (C=O) groups is 1. The van der Waals surface area contributed by atoms with Crippen LogP contribution in [0.2, 0.25) is 0 Å². The van der Waals surface area contributed by atoms with Crippen molar-refractivity contribution in [2.24, 2.45) is 0 Å². The molecule has 0 amide bonds. The second kappa shape index (κ2) is 14.7. The number of ketones is 1. The Labute approximate surface area is 182 Å². The monoisotopic (exact) mass is 410 g/mol. The van der Waals surface area contributed by atoms with Crippen molar-refractivity contribution in [3.05, 3.63) is 59.7 Å². The van der Waals surface area contributed by atoms with Crippen molar-refractivity contribution in [1.82, 2.24) is 0 Å². The molecule has 3 nitrogen and oxygen atoms in total. The van der Waals surface area contributed by atoms with Crippen LogP contribution in [0.3, 0.4) is 0 Å². The minimum Gasteiger partial charge on any atom is -0.508 e. The van der Waals surface area contributed by atoms with Crippen LogP contribution in [-0.2, 0) is 17.6 Å². The predicted molar refractivity (Wildman–Crippen MR) is 124 cm³/mol. The lowest BCUT2D eigenvalue weighted by Gasteiger charge is -2.04. The van der Waals surface area contributed by atoms with Crippen LogP contribution in [0.4, 0.5) is 0 Å². The first-order valence-electron chi connectivity index (χ1n) is 11.7. The van der Waals surface area contributed by atoms with E-state index in [-0.39, 0.29) is 0 Å². The van der Waals surface area contributed by atoms with E-state index < -0.39 is 0 Å². The third kappa shape index (κ3) is 11.0. The molecule has 0 saturated carbocycles. The number of rotatable bonds is 16. The van der Waals surface area contributed by atoms with Gasteiger partial charge in [-0.05, 0) is 73.9 Å². The van der Waals surface area contributed by atoms with Crippen molar-refractivity contribution < 1.29 is 15.0 Å². The molecule has 0 spiro atoms. The van der Waals surface area contributed by atoms with Gasteiger partial charge in [-0.1, -0.05) is 62.8 Å². The van der Waals surface area contributed by atoms with Crippen molar-refractivity contribution >= 4 is 5.78 Å². The summed E-state index contributed by atoms with van der Waals surface area (Å²) in [5.41, 5.74) is 2.56. The zero-order valence-corrected chi connectivity index (χ0v) is 18.3. The van der Waals surface area contributed by atoms with Crippen LogP contribution in [-0.4, -0.2) is 16.0 Å². The summed E-state index contributed by atoms with van der Waals surface area (Å²) in [6.45, 7) is 0. The number of aromatic hydroxyl groups is 2. The smallest absolute Gasteiger partial charge is 0.132 e. The van der Waals surface area contributed by atoms with Crippen LogP contribution in [0.5, 0.6) is 11.5 Å². The van der Waals surface area contributed by atoms with Crippen LogP contribution in [0, 0.1) is 0 Å². The molecule has 0 aromatic heterocycles. The quantitative estimate of drug-likeness (QED) is 0.289. The zero-order chi connectivity index (χ0) is 21.4. The molecule has 0 heterocycles. The molecule has 0 aliphatic carbocycles. The first kappa shape index (κ1) is 24.0. The summed E-state index contributed by atoms with van der Waals surface area (Å²) in [7, 11) is 0. The first-order valence-corrected chi connectivity index (χ1v) is 11.7. The minimum absolute atomic E-state index is 0.328. The molecule has 30 heavy (non-hydrogen) atoms. The van der Waals surface area contributed by atoms with Gasteiger partial charge in [0.25, 0.3) is 0 Å². The van der Waals surface area contributed by atoms with E-state index in [9.17, 15) is 15.0 Å². The molecule has 164 valence electrons. The van der Waals surface area contributed by atoms with E-state index in [1.165, 1.54) is 49.7 Å². The summed E-state index contributed by atoms with van der Waals surface area (Å²) in [5.74, 6) is 1.09. The Morgan fingerprint density at radius 2 is 0.833 bits per heavy atom. The summed E-state index contributed by atoms with van der Waals surface area (Å²) in [4.78, 5) is 12.0. The molecule has 0 unspecified atom stereocenters. The lowest BCUT2D eigenvalue weighted by atomic mass is 10.0. The summed E-state index contributed by atoms with van der Waals surface area (Å²) in [6, 6.07) is 15.0. The van der Waals surface area contributed by atoms with Gasteiger partial charge < -0.3 is 10.2 Å². The molecule has 2 N–H and O–H groups in total. The maximum absolute atomic E-state index is 12.0. The lowest BCUT2D eigenvalue weighted by molar-refractivity contribution is -0.119. The highest BCUT2D eigenvalue weighted by molar-refractivity contribution is 5.78. The number of phenolic OH excluding ortho intramolecular Hbond substituents is 2. The van der Waals surface area contributed by atoms with E-state index >= 15 is 0 Å². The molecule has 0 radical (unpaired) electrons. The zero-order valence-electron chi connectivity index (χ0n) is 18.3. The fourth-order valence-corrected chi connectivity index (χ4v) is 3.81. The van der Waals surface area contributed by atoms with Crippen LogP contribution in [0.15, 0.2) is 48.5 Å². The fourth-order valence-electron chi connectivity index (χ4n) is 3.81. The number of Topliss-reactive ketones (excluding diaryl/α,β-unsaturated/α-hetero) is 1. The maximum Gasteiger partial charge on any atom is 0.132 e. The Kier molecular flexibility index (Phi) is 11.7. The number of unbranched alkanes of at least 4 members (excludes halogenated alkanes) is 8. The highest BCUT2D eigenvalue weighted by atomic mass is 16.3. The van der Waals surface area contributed by atoms with Gasteiger partial charge >= 0.3 is 0 Å². The topological polar surface area (TPSA) is 57.5 Å². The number of hydrogen-bond acceptors (Lipinski definition) is 3. The van der Waals surface area contributed by atoms with E-state index in [0.29, 0.717) is 17.3 Å². The fraction of sp³-hybridized carbons (Fsp3) is 0.519. The van der Waals surface area contributed by atoms with E-state index in [0.717, 1.165) is 51.4 Å². The number of carbonyl (C=O) groups excluding carboxylic acids is 1. The average molecular weight is 411 g/mol. The second-order valence-corrected chi connectivity index (χ2v) is 8.41. The largest absolute Gasteiger partial charge is 0.508 e. The first-order chi connectivity index (χ1) is 14.6. The van der Waals surface area contributed by atoms with E-state index in [2.05, 4.69) is 0 Å². The van der Waals surface area contributed by atoms with Gasteiger partial charge in [-0.2, -0.15) is 0 Å². The van der Waals surface area contributed by atoms with Crippen molar-refractivity contribution in [1.29, 1.82) is 0 Å². The normalized spacial score (nSPS) is 10.9. The van der Waals surface area contributed by atoms with Gasteiger partial charge in [0, 0.05) is 12.8 Å². The molecule has 2 aromatic carbocycles. The van der Waals surface area contributed by atoms with Crippen molar-refractivity contribution in [2.75, 3.05) is 0 Å². The van der Waals surface area contributed by atoms with E-state index in [1.54, 1.807) is 24.3 Å². The van der Waals surface area contributed by atoms with Crippen LogP contribution in [0.1, 0.15) is 88.2 Å². The van der Waals surface area contributed by atoms with Gasteiger partial charge in [-0.15, -0.1) is 0 Å². The average Bonchev–Trinajstić information content (AvgIpc) is 2.75. The van der Waals surface area contributed by atoms with Crippen LogP contribution < -0.4 is 0 Å². The number of aryl methyl sites for hydroxylation is 2. The van der Waals surface area contributed by atoms with Crippen LogP contribution in [0.25, 0.3) is 0 Å². The number of phenols is 2. The van der Waals surface area contributed by atoms with E-state index in [1.807, 2.05) is 24.3 Å². The summed E-state index contributed by atoms with van der Waals surface area (Å²) >= 11 is 0. The summed E-state index contributed by atoms with van der Waals surface area (Å²) in [5, 5.41) is 18.6. The molecule has 0 aliphatic rings. The van der Waals surface area contributed by atoms with Crippen LogP contribution >= 0.6 is 0 Å². The van der Waals surface area contributed by atoms with Gasteiger partial charge in [0.05, 0.1) is 0 Å². The molecular formula is C27H38O3. The Balaban J connectivity index is 1.35. The molecular weight excluding hydrogens is 372 g/mol. The van der Waals surface area contributed by atoms with Crippen molar-refractivity contribution in [3.8, 4) is 11.5 Å². The Bertz CT molecular complexity index is 642. The Morgan fingerprint density at radius 1 is 0.500 bits per heavy atom. The predicted octanol–water partition coefficient (Wildman–Crippen LogP) is 7.13. The van der Waals surface area contributed by atoms with Crippen molar-refractivity contribution in [2.45, 2.75) is 89.9 Å². The molecule has 0 saturated heterocycles.